The summed E-state index contributed by atoms with van der Waals surface area (Å²) in [7, 11) is 3.94. The minimum absolute atomic E-state index is 0.148. The van der Waals surface area contributed by atoms with Crippen molar-refractivity contribution in [3.05, 3.63) is 0 Å². The van der Waals surface area contributed by atoms with Gasteiger partial charge in [-0.25, -0.2) is 0 Å². The molecule has 2 N–H and O–H groups in total. The molecule has 114 valence electrons. The lowest BCUT2D eigenvalue weighted by atomic mass is 9.96. The number of nitrogens with one attached hydrogen (secondary N) is 1. The Morgan fingerprint density at radius 1 is 1.45 bits per heavy atom. The van der Waals surface area contributed by atoms with Crippen molar-refractivity contribution in [2.75, 3.05) is 37.9 Å². The van der Waals surface area contributed by atoms with E-state index < -0.39 is 0 Å². The molecule has 5 nitrogen and oxygen atoms in total. The van der Waals surface area contributed by atoms with E-state index in [1.54, 1.807) is 23.1 Å². The number of hydrogen-bond donors (Lipinski definition) is 2. The molecule has 0 radical (unpaired) electrons. The lowest BCUT2D eigenvalue weighted by Crippen LogP contribution is -2.53. The number of aliphatic hydroxyl groups excluding tert-OH is 1. The van der Waals surface area contributed by atoms with Gasteiger partial charge in [-0.1, -0.05) is 30.0 Å². The maximum Gasteiger partial charge on any atom is 0.208 e. The van der Waals surface area contributed by atoms with Gasteiger partial charge in [0.2, 0.25) is 5.13 Å². The average Bonchev–Trinajstić information content (AvgIpc) is 3.18. The van der Waals surface area contributed by atoms with Gasteiger partial charge in [-0.2, -0.15) is 0 Å². The zero-order valence-electron chi connectivity index (χ0n) is 12.4. The highest BCUT2D eigenvalue weighted by Gasteiger charge is 2.44. The second-order valence-electron chi connectivity index (χ2n) is 5.55. The van der Waals surface area contributed by atoms with Crippen LogP contribution in [0, 0.1) is 5.92 Å². The summed E-state index contributed by atoms with van der Waals surface area (Å²) in [6, 6.07) is 0. The Kier molecular flexibility index (Phi) is 5.65. The molecule has 1 fully saturated rings. The normalized spacial score (nSPS) is 18.0. The van der Waals surface area contributed by atoms with Crippen LogP contribution >= 0.6 is 23.1 Å². The van der Waals surface area contributed by atoms with Crippen LogP contribution < -0.4 is 10.2 Å². The van der Waals surface area contributed by atoms with Crippen LogP contribution in [-0.4, -0.2) is 53.8 Å². The van der Waals surface area contributed by atoms with E-state index in [0.29, 0.717) is 5.92 Å². The van der Waals surface area contributed by atoms with E-state index >= 15 is 0 Å². The van der Waals surface area contributed by atoms with Crippen molar-refractivity contribution in [2.45, 2.75) is 36.1 Å². The first-order chi connectivity index (χ1) is 9.61. The standard InChI is InChI=1S/C13H24N4OS2/c1-4-7-14-13(8-18,10-5-6-10)9-19-12-16-15-11(20-12)17(2)3/h10,14,18H,4-9H2,1-3H3. The van der Waals surface area contributed by atoms with Gasteiger partial charge in [0.05, 0.1) is 12.1 Å². The molecule has 1 heterocycles. The van der Waals surface area contributed by atoms with Crippen LogP contribution in [0.5, 0.6) is 0 Å². The molecule has 0 bridgehead atoms. The SMILES string of the molecule is CCCNC(CO)(CSc1nnc(N(C)C)s1)C1CC1. The molecule has 7 heteroatoms. The van der Waals surface area contributed by atoms with Crippen LogP contribution in [0.4, 0.5) is 5.13 Å². The number of hydrogen-bond acceptors (Lipinski definition) is 7. The van der Waals surface area contributed by atoms with Gasteiger partial charge in [-0.05, 0) is 31.7 Å². The monoisotopic (exact) mass is 316 g/mol. The summed E-state index contributed by atoms with van der Waals surface area (Å²) in [5.74, 6) is 1.46. The minimum Gasteiger partial charge on any atom is -0.394 e. The topological polar surface area (TPSA) is 61.3 Å². The van der Waals surface area contributed by atoms with Crippen LogP contribution in [0.15, 0.2) is 4.34 Å². The molecule has 0 aromatic carbocycles. The molecule has 1 aliphatic rings. The highest BCUT2D eigenvalue weighted by Crippen LogP contribution is 2.42. The van der Waals surface area contributed by atoms with Crippen molar-refractivity contribution in [1.82, 2.24) is 15.5 Å². The molecule has 1 aromatic heterocycles. The first kappa shape index (κ1) is 16.0. The van der Waals surface area contributed by atoms with E-state index in [1.807, 2.05) is 19.0 Å². The lowest BCUT2D eigenvalue weighted by Gasteiger charge is -2.33. The third-order valence-corrected chi connectivity index (χ3v) is 6.08. The first-order valence-electron chi connectivity index (χ1n) is 7.11. The molecule has 1 aliphatic carbocycles. The smallest absolute Gasteiger partial charge is 0.208 e. The summed E-state index contributed by atoms with van der Waals surface area (Å²) in [5.41, 5.74) is -0.148. The highest BCUT2D eigenvalue weighted by molar-refractivity contribution is 8.01. The van der Waals surface area contributed by atoms with Crippen LogP contribution in [0.2, 0.25) is 0 Å². The van der Waals surface area contributed by atoms with Crippen LogP contribution in [-0.2, 0) is 0 Å². The van der Waals surface area contributed by atoms with E-state index in [0.717, 1.165) is 28.2 Å². The molecule has 1 unspecified atom stereocenters. The van der Waals surface area contributed by atoms with E-state index in [-0.39, 0.29) is 12.1 Å². The van der Waals surface area contributed by atoms with Gasteiger partial charge in [0, 0.05) is 19.8 Å². The predicted molar refractivity (Wildman–Crippen MR) is 85.8 cm³/mol. The Morgan fingerprint density at radius 3 is 2.70 bits per heavy atom. The number of aliphatic hydroxyl groups is 1. The summed E-state index contributed by atoms with van der Waals surface area (Å²) in [6.45, 7) is 3.31. The predicted octanol–water partition coefficient (Wildman–Crippen LogP) is 1.84. The maximum absolute atomic E-state index is 9.87. The molecule has 0 spiro atoms. The number of thioether (sulfide) groups is 1. The Bertz CT molecular complexity index is 422. The largest absolute Gasteiger partial charge is 0.394 e. The lowest BCUT2D eigenvalue weighted by molar-refractivity contribution is 0.159. The van der Waals surface area contributed by atoms with E-state index in [2.05, 4.69) is 22.4 Å². The van der Waals surface area contributed by atoms with Crippen molar-refractivity contribution in [2.24, 2.45) is 5.92 Å². The van der Waals surface area contributed by atoms with Crippen molar-refractivity contribution < 1.29 is 5.11 Å². The van der Waals surface area contributed by atoms with E-state index in [4.69, 9.17) is 0 Å². The number of aromatic nitrogens is 2. The van der Waals surface area contributed by atoms with Gasteiger partial charge in [-0.3, -0.25) is 0 Å². The van der Waals surface area contributed by atoms with Gasteiger partial charge in [0.25, 0.3) is 0 Å². The van der Waals surface area contributed by atoms with Gasteiger partial charge in [-0.15, -0.1) is 10.2 Å². The van der Waals surface area contributed by atoms with Crippen molar-refractivity contribution in [3.63, 3.8) is 0 Å². The zero-order valence-corrected chi connectivity index (χ0v) is 14.1. The fourth-order valence-corrected chi connectivity index (χ4v) is 4.23. The summed E-state index contributed by atoms with van der Waals surface area (Å²) in [5, 5.41) is 22.7. The molecule has 1 aromatic rings. The van der Waals surface area contributed by atoms with Crippen LogP contribution in [0.25, 0.3) is 0 Å². The van der Waals surface area contributed by atoms with Crippen LogP contribution in [0.1, 0.15) is 26.2 Å². The molecule has 1 atom stereocenters. The Labute approximate surface area is 129 Å². The minimum atomic E-state index is -0.148. The summed E-state index contributed by atoms with van der Waals surface area (Å²) in [4.78, 5) is 1.97. The molecule has 0 amide bonds. The van der Waals surface area contributed by atoms with Gasteiger partial charge < -0.3 is 15.3 Å². The molecule has 0 saturated heterocycles. The molecule has 1 saturated carbocycles. The van der Waals surface area contributed by atoms with Crippen molar-refractivity contribution >= 4 is 28.2 Å². The van der Waals surface area contributed by atoms with Gasteiger partial charge in [0.1, 0.15) is 0 Å². The van der Waals surface area contributed by atoms with Crippen molar-refractivity contribution in [1.29, 1.82) is 0 Å². The fraction of sp³-hybridized carbons (Fsp3) is 0.846. The Morgan fingerprint density at radius 2 is 2.20 bits per heavy atom. The van der Waals surface area contributed by atoms with E-state index in [1.165, 1.54) is 12.8 Å². The highest BCUT2D eigenvalue weighted by atomic mass is 32.2. The summed E-state index contributed by atoms with van der Waals surface area (Å²) >= 11 is 3.31. The van der Waals surface area contributed by atoms with Crippen LogP contribution in [0.3, 0.4) is 0 Å². The maximum atomic E-state index is 9.87. The number of rotatable bonds is 9. The quantitative estimate of drug-likeness (QED) is 0.678. The first-order valence-corrected chi connectivity index (χ1v) is 8.91. The number of nitrogens with zero attached hydrogens (tertiary/aromatic N) is 3. The number of anilines is 1. The second kappa shape index (κ2) is 7.06. The Hall–Kier alpha value is -0.370. The summed E-state index contributed by atoms with van der Waals surface area (Å²) in [6.07, 6.45) is 3.52. The van der Waals surface area contributed by atoms with Crippen molar-refractivity contribution in [3.8, 4) is 0 Å². The summed E-state index contributed by atoms with van der Waals surface area (Å²) < 4.78 is 0.977. The molecular formula is C13H24N4OS2. The molecule has 0 aliphatic heterocycles. The second-order valence-corrected chi connectivity index (χ2v) is 7.73. The average molecular weight is 316 g/mol. The third-order valence-electron chi connectivity index (χ3n) is 3.60. The van der Waals surface area contributed by atoms with Gasteiger partial charge in [0.15, 0.2) is 4.34 Å². The van der Waals surface area contributed by atoms with E-state index in [9.17, 15) is 5.11 Å². The molecule has 2 rings (SSSR count). The molecular weight excluding hydrogens is 292 g/mol. The van der Waals surface area contributed by atoms with Gasteiger partial charge >= 0.3 is 0 Å². The Balaban J connectivity index is 1.96. The zero-order chi connectivity index (χ0) is 14.6. The molecule has 20 heavy (non-hydrogen) atoms. The fourth-order valence-electron chi connectivity index (χ4n) is 2.19. The third kappa shape index (κ3) is 3.84.